The monoisotopic (exact) mass is 311 g/mol. The van der Waals surface area contributed by atoms with Crippen LogP contribution in [0.3, 0.4) is 0 Å². The molecule has 0 aliphatic rings. The van der Waals surface area contributed by atoms with E-state index in [4.69, 9.17) is 0 Å². The van der Waals surface area contributed by atoms with Gasteiger partial charge in [-0.2, -0.15) is 10.2 Å². The summed E-state index contributed by atoms with van der Waals surface area (Å²) in [6.07, 6.45) is 3.94. The minimum Gasteiger partial charge on any atom is -0.354 e. The van der Waals surface area contributed by atoms with Gasteiger partial charge >= 0.3 is 0 Å². The molecule has 0 aliphatic heterocycles. The van der Waals surface area contributed by atoms with Crippen molar-refractivity contribution in [1.82, 2.24) is 29.8 Å². The molecule has 0 amide bonds. The summed E-state index contributed by atoms with van der Waals surface area (Å²) in [6, 6.07) is 5.92. The minimum atomic E-state index is 0.728. The maximum atomic E-state index is 4.42. The van der Waals surface area contributed by atoms with E-state index in [0.29, 0.717) is 0 Å². The van der Waals surface area contributed by atoms with E-state index < -0.39 is 0 Å². The van der Waals surface area contributed by atoms with Crippen molar-refractivity contribution in [3.05, 3.63) is 47.5 Å². The van der Waals surface area contributed by atoms with Gasteiger partial charge in [-0.05, 0) is 39.0 Å². The molecule has 0 saturated carbocycles. The molecule has 23 heavy (non-hydrogen) atoms. The molecule has 3 rings (SSSR count). The Hall–Kier alpha value is -2.70. The van der Waals surface area contributed by atoms with Crippen LogP contribution < -0.4 is 4.90 Å². The quantitative estimate of drug-likeness (QED) is 0.722. The summed E-state index contributed by atoms with van der Waals surface area (Å²) in [4.78, 5) is 2.05. The third-order valence-corrected chi connectivity index (χ3v) is 3.68. The highest BCUT2D eigenvalue weighted by molar-refractivity contribution is 5.39. The number of hydrogen-bond acceptors (Lipinski definition) is 5. The average molecular weight is 311 g/mol. The second kappa shape index (κ2) is 6.20. The molecule has 7 nitrogen and oxygen atoms in total. The van der Waals surface area contributed by atoms with Gasteiger partial charge in [0, 0.05) is 37.6 Å². The Bertz CT molecular complexity index is 785. The Morgan fingerprint density at radius 2 is 2.00 bits per heavy atom. The maximum absolute atomic E-state index is 4.42. The van der Waals surface area contributed by atoms with Gasteiger partial charge in [-0.25, -0.2) is 4.68 Å². The summed E-state index contributed by atoms with van der Waals surface area (Å²) < 4.78 is 3.72. The van der Waals surface area contributed by atoms with Gasteiger partial charge in [-0.1, -0.05) is 0 Å². The van der Waals surface area contributed by atoms with Crippen molar-refractivity contribution in [3.8, 4) is 5.82 Å². The van der Waals surface area contributed by atoms with Crippen LogP contribution in [0.5, 0.6) is 0 Å². The Kier molecular flexibility index (Phi) is 4.10. The van der Waals surface area contributed by atoms with Crippen molar-refractivity contribution in [2.45, 2.75) is 33.9 Å². The first-order chi connectivity index (χ1) is 11.1. The van der Waals surface area contributed by atoms with E-state index in [0.717, 1.165) is 41.7 Å². The zero-order valence-electron chi connectivity index (χ0n) is 13.9. The lowest BCUT2D eigenvalue weighted by Crippen LogP contribution is -2.18. The molecular formula is C16H21N7. The summed E-state index contributed by atoms with van der Waals surface area (Å²) in [5.74, 6) is 1.55. The molecule has 0 N–H and O–H groups in total. The Balaban J connectivity index is 1.74. The summed E-state index contributed by atoms with van der Waals surface area (Å²) in [5.41, 5.74) is 3.17. The first-order valence-corrected chi connectivity index (χ1v) is 7.66. The second-order valence-electron chi connectivity index (χ2n) is 5.65. The van der Waals surface area contributed by atoms with Crippen LogP contribution >= 0.6 is 0 Å². The van der Waals surface area contributed by atoms with Gasteiger partial charge < -0.3 is 4.90 Å². The van der Waals surface area contributed by atoms with Crippen LogP contribution in [0.1, 0.15) is 23.9 Å². The van der Waals surface area contributed by atoms with Gasteiger partial charge in [-0.3, -0.25) is 4.68 Å². The summed E-state index contributed by atoms with van der Waals surface area (Å²) in [7, 11) is 2.00. The molecule has 0 saturated heterocycles. The second-order valence-corrected chi connectivity index (χ2v) is 5.65. The number of hydrogen-bond donors (Lipinski definition) is 0. The van der Waals surface area contributed by atoms with Crippen LogP contribution in [0.4, 0.5) is 5.82 Å². The zero-order valence-corrected chi connectivity index (χ0v) is 13.9. The Morgan fingerprint density at radius 3 is 2.57 bits per heavy atom. The third kappa shape index (κ3) is 3.23. The van der Waals surface area contributed by atoms with E-state index in [2.05, 4.69) is 32.2 Å². The minimum absolute atomic E-state index is 0.728. The van der Waals surface area contributed by atoms with E-state index in [1.807, 2.05) is 56.2 Å². The van der Waals surface area contributed by atoms with E-state index in [1.54, 1.807) is 4.68 Å². The summed E-state index contributed by atoms with van der Waals surface area (Å²) in [5, 5.41) is 17.3. The fourth-order valence-corrected chi connectivity index (χ4v) is 2.51. The molecule has 120 valence electrons. The summed E-state index contributed by atoms with van der Waals surface area (Å²) in [6.45, 7) is 7.67. The van der Waals surface area contributed by atoms with Gasteiger partial charge in [0.05, 0.1) is 11.9 Å². The average Bonchev–Trinajstić information content (AvgIpc) is 3.13. The van der Waals surface area contributed by atoms with Crippen molar-refractivity contribution in [2.24, 2.45) is 0 Å². The Morgan fingerprint density at radius 1 is 1.17 bits per heavy atom. The predicted octanol–water partition coefficient (Wildman–Crippen LogP) is 2.13. The van der Waals surface area contributed by atoms with E-state index in [9.17, 15) is 0 Å². The summed E-state index contributed by atoms with van der Waals surface area (Å²) >= 11 is 0. The zero-order chi connectivity index (χ0) is 16.4. The van der Waals surface area contributed by atoms with Gasteiger partial charge in [0.15, 0.2) is 11.6 Å². The van der Waals surface area contributed by atoms with Crippen molar-refractivity contribution < 1.29 is 0 Å². The lowest BCUT2D eigenvalue weighted by molar-refractivity contribution is 0.659. The molecule has 0 fully saturated rings. The molecule has 0 aliphatic carbocycles. The largest absolute Gasteiger partial charge is 0.354 e. The lowest BCUT2D eigenvalue weighted by Gasteiger charge is -2.16. The van der Waals surface area contributed by atoms with Crippen molar-refractivity contribution >= 4 is 5.82 Å². The molecule has 0 aromatic carbocycles. The van der Waals surface area contributed by atoms with Gasteiger partial charge in [0.1, 0.15) is 0 Å². The first kappa shape index (κ1) is 15.2. The van der Waals surface area contributed by atoms with Gasteiger partial charge in [0.25, 0.3) is 0 Å². The smallest absolute Gasteiger partial charge is 0.176 e. The molecule has 0 unspecified atom stereocenters. The normalized spacial score (nSPS) is 11.0. The topological polar surface area (TPSA) is 64.7 Å². The Labute approximate surface area is 135 Å². The standard InChI is InChI=1S/C16H21N7/c1-5-22-11-14(9-17-22)10-21(4)15-6-7-16(19-18-15)23-13(3)8-12(2)20-23/h6-9,11H,5,10H2,1-4H3. The van der Waals surface area contributed by atoms with Crippen molar-refractivity contribution in [3.63, 3.8) is 0 Å². The van der Waals surface area contributed by atoms with Gasteiger partial charge in [0.2, 0.25) is 0 Å². The molecule has 0 bridgehead atoms. The molecule has 3 aromatic rings. The van der Waals surface area contributed by atoms with E-state index >= 15 is 0 Å². The van der Waals surface area contributed by atoms with Crippen molar-refractivity contribution in [1.29, 1.82) is 0 Å². The highest BCUT2D eigenvalue weighted by Gasteiger charge is 2.09. The third-order valence-electron chi connectivity index (χ3n) is 3.68. The molecule has 0 atom stereocenters. The highest BCUT2D eigenvalue weighted by atomic mass is 15.4. The molecule has 3 heterocycles. The fourth-order valence-electron chi connectivity index (χ4n) is 2.51. The van der Waals surface area contributed by atoms with Crippen LogP contribution in [0.25, 0.3) is 5.82 Å². The van der Waals surface area contributed by atoms with Crippen LogP contribution in [0.2, 0.25) is 0 Å². The predicted molar refractivity (Wildman–Crippen MR) is 88.6 cm³/mol. The molecule has 7 heteroatoms. The number of rotatable bonds is 5. The SMILES string of the molecule is CCn1cc(CN(C)c2ccc(-n3nc(C)cc3C)nn2)cn1. The lowest BCUT2D eigenvalue weighted by atomic mass is 10.3. The number of nitrogens with zero attached hydrogens (tertiary/aromatic N) is 7. The van der Waals surface area contributed by atoms with Crippen LogP contribution in [0.15, 0.2) is 30.6 Å². The first-order valence-electron chi connectivity index (χ1n) is 7.66. The maximum Gasteiger partial charge on any atom is 0.176 e. The highest BCUT2D eigenvalue weighted by Crippen LogP contribution is 2.14. The number of aryl methyl sites for hydroxylation is 3. The van der Waals surface area contributed by atoms with Crippen LogP contribution in [-0.4, -0.2) is 36.8 Å². The number of anilines is 1. The molecule has 0 radical (unpaired) electrons. The van der Waals surface area contributed by atoms with Gasteiger partial charge in [-0.15, -0.1) is 10.2 Å². The molecule has 0 spiro atoms. The van der Waals surface area contributed by atoms with Crippen molar-refractivity contribution in [2.75, 3.05) is 11.9 Å². The fraction of sp³-hybridized carbons (Fsp3) is 0.375. The van der Waals surface area contributed by atoms with E-state index in [1.165, 1.54) is 0 Å². The van der Waals surface area contributed by atoms with Crippen LogP contribution in [0, 0.1) is 13.8 Å². The van der Waals surface area contributed by atoms with E-state index in [-0.39, 0.29) is 0 Å². The van der Waals surface area contributed by atoms with Crippen LogP contribution in [-0.2, 0) is 13.1 Å². The molecule has 3 aromatic heterocycles. The molecular weight excluding hydrogens is 290 g/mol. The number of aromatic nitrogens is 6.